The zero-order valence-electron chi connectivity index (χ0n) is 15.7. The molecule has 0 bridgehead atoms. The van der Waals surface area contributed by atoms with Crippen LogP contribution in [0.1, 0.15) is 15.9 Å². The molecule has 0 fully saturated rings. The molecular weight excluding hydrogens is 405 g/mol. The van der Waals surface area contributed by atoms with E-state index in [1.54, 1.807) is 0 Å². The first kappa shape index (κ1) is 22.5. The van der Waals surface area contributed by atoms with Crippen molar-refractivity contribution < 1.29 is 37.0 Å². The lowest BCUT2D eigenvalue weighted by Crippen LogP contribution is -2.30. The average Bonchev–Trinajstić information content (AvgIpc) is 2.70. The highest BCUT2D eigenvalue weighted by Gasteiger charge is 2.30. The van der Waals surface area contributed by atoms with Crippen molar-refractivity contribution in [2.45, 2.75) is 6.36 Å². The predicted octanol–water partition coefficient (Wildman–Crippen LogP) is 3.14. The summed E-state index contributed by atoms with van der Waals surface area (Å²) >= 11 is 0. The van der Waals surface area contributed by atoms with Crippen molar-refractivity contribution in [1.29, 1.82) is 0 Å². The normalized spacial score (nSPS) is 11.1. The SMILES string of the molecule is COC(=O)CNC(=O)c1ccc(NC(=O)/C=C/c2ccc(OC(F)(F)F)cc2)cc1. The summed E-state index contributed by atoms with van der Waals surface area (Å²) in [7, 11) is 1.21. The van der Waals surface area contributed by atoms with E-state index in [2.05, 4.69) is 20.1 Å². The van der Waals surface area contributed by atoms with Gasteiger partial charge in [0.05, 0.1) is 7.11 Å². The molecule has 2 amide bonds. The van der Waals surface area contributed by atoms with Gasteiger partial charge in [-0.3, -0.25) is 14.4 Å². The van der Waals surface area contributed by atoms with Crippen LogP contribution >= 0.6 is 0 Å². The molecule has 0 aliphatic carbocycles. The first-order valence-electron chi connectivity index (χ1n) is 8.46. The molecule has 2 rings (SSSR count). The molecule has 0 aromatic heterocycles. The van der Waals surface area contributed by atoms with Gasteiger partial charge in [-0.05, 0) is 48.0 Å². The number of carbonyl (C=O) groups is 3. The highest BCUT2D eigenvalue weighted by molar-refractivity contribution is 6.02. The zero-order chi connectivity index (χ0) is 22.1. The Morgan fingerprint density at radius 3 is 2.20 bits per heavy atom. The Hall–Kier alpha value is -3.82. The molecule has 2 aromatic rings. The molecule has 0 spiro atoms. The predicted molar refractivity (Wildman–Crippen MR) is 102 cm³/mol. The number of alkyl halides is 3. The van der Waals surface area contributed by atoms with Gasteiger partial charge in [0.2, 0.25) is 5.91 Å². The number of hydrogen-bond donors (Lipinski definition) is 2. The first-order valence-corrected chi connectivity index (χ1v) is 8.46. The van der Waals surface area contributed by atoms with E-state index in [0.29, 0.717) is 11.3 Å². The molecule has 10 heteroatoms. The number of carbonyl (C=O) groups excluding carboxylic acids is 3. The van der Waals surface area contributed by atoms with Crippen LogP contribution in [0.5, 0.6) is 5.75 Å². The maximum atomic E-state index is 12.1. The number of nitrogens with one attached hydrogen (secondary N) is 2. The summed E-state index contributed by atoms with van der Waals surface area (Å²) in [5.41, 5.74) is 1.20. The average molecular weight is 422 g/mol. The third kappa shape index (κ3) is 7.66. The summed E-state index contributed by atoms with van der Waals surface area (Å²) < 4.78 is 44.6. The fourth-order valence-corrected chi connectivity index (χ4v) is 2.17. The van der Waals surface area contributed by atoms with Gasteiger partial charge in [-0.2, -0.15) is 0 Å². The molecule has 0 unspecified atom stereocenters. The minimum absolute atomic E-state index is 0.262. The van der Waals surface area contributed by atoms with Crippen LogP contribution in [0.15, 0.2) is 54.6 Å². The minimum atomic E-state index is -4.77. The van der Waals surface area contributed by atoms with Crippen LogP contribution in [0.25, 0.3) is 6.08 Å². The highest BCUT2D eigenvalue weighted by atomic mass is 19.4. The molecule has 2 aromatic carbocycles. The number of amides is 2. The maximum Gasteiger partial charge on any atom is 0.573 e. The molecule has 0 heterocycles. The molecule has 30 heavy (non-hydrogen) atoms. The van der Waals surface area contributed by atoms with Gasteiger partial charge in [-0.1, -0.05) is 12.1 Å². The Morgan fingerprint density at radius 1 is 1.00 bits per heavy atom. The lowest BCUT2D eigenvalue weighted by atomic mass is 10.2. The van der Waals surface area contributed by atoms with Gasteiger partial charge in [0.1, 0.15) is 12.3 Å². The van der Waals surface area contributed by atoms with Crippen LogP contribution in [-0.4, -0.2) is 37.8 Å². The fraction of sp³-hybridized carbons (Fsp3) is 0.150. The number of esters is 1. The van der Waals surface area contributed by atoms with Crippen molar-refractivity contribution in [2.75, 3.05) is 19.0 Å². The van der Waals surface area contributed by atoms with E-state index in [1.165, 1.54) is 55.7 Å². The van der Waals surface area contributed by atoms with E-state index in [-0.39, 0.29) is 17.9 Å². The number of ether oxygens (including phenoxy) is 2. The van der Waals surface area contributed by atoms with Crippen LogP contribution in [-0.2, 0) is 14.3 Å². The number of hydrogen-bond acceptors (Lipinski definition) is 5. The molecular formula is C20H17F3N2O5. The summed E-state index contributed by atoms with van der Waals surface area (Å²) in [6, 6.07) is 10.9. The fourth-order valence-electron chi connectivity index (χ4n) is 2.17. The van der Waals surface area contributed by atoms with Gasteiger partial charge in [-0.25, -0.2) is 0 Å². The van der Waals surface area contributed by atoms with Crippen LogP contribution in [0.4, 0.5) is 18.9 Å². The Morgan fingerprint density at radius 2 is 1.63 bits per heavy atom. The standard InChI is InChI=1S/C20H17F3N2O5/c1-29-18(27)12-24-19(28)14-5-7-15(8-6-14)25-17(26)11-4-13-2-9-16(10-3-13)30-20(21,22)23/h2-11H,12H2,1H3,(H,24,28)(H,25,26)/b11-4+. The van der Waals surface area contributed by atoms with E-state index in [9.17, 15) is 27.6 Å². The lowest BCUT2D eigenvalue weighted by Gasteiger charge is -2.08. The van der Waals surface area contributed by atoms with Crippen molar-refractivity contribution in [2.24, 2.45) is 0 Å². The van der Waals surface area contributed by atoms with E-state index in [1.807, 2.05) is 0 Å². The van der Waals surface area contributed by atoms with Crippen LogP contribution in [0, 0.1) is 0 Å². The third-order valence-electron chi connectivity index (χ3n) is 3.58. The minimum Gasteiger partial charge on any atom is -0.468 e. The second-order valence-electron chi connectivity index (χ2n) is 5.78. The number of halogens is 3. The summed E-state index contributed by atoms with van der Waals surface area (Å²) in [6.07, 6.45) is -2.15. The van der Waals surface area contributed by atoms with E-state index < -0.39 is 24.1 Å². The molecule has 0 saturated heterocycles. The molecule has 0 saturated carbocycles. The van der Waals surface area contributed by atoms with E-state index in [4.69, 9.17) is 0 Å². The summed E-state index contributed by atoms with van der Waals surface area (Å²) in [4.78, 5) is 34.9. The van der Waals surface area contributed by atoms with Crippen molar-refractivity contribution in [3.05, 3.63) is 65.7 Å². The third-order valence-corrected chi connectivity index (χ3v) is 3.58. The highest BCUT2D eigenvalue weighted by Crippen LogP contribution is 2.23. The Labute approximate surface area is 169 Å². The number of rotatable bonds is 7. The topological polar surface area (TPSA) is 93.7 Å². The van der Waals surface area contributed by atoms with E-state index >= 15 is 0 Å². The zero-order valence-corrected chi connectivity index (χ0v) is 15.7. The van der Waals surface area contributed by atoms with Crippen LogP contribution < -0.4 is 15.4 Å². The van der Waals surface area contributed by atoms with Crippen molar-refractivity contribution in [3.8, 4) is 5.75 Å². The van der Waals surface area contributed by atoms with Crippen molar-refractivity contribution in [1.82, 2.24) is 5.32 Å². The summed E-state index contributed by atoms with van der Waals surface area (Å²) in [5, 5.41) is 4.96. The molecule has 0 atom stereocenters. The Balaban J connectivity index is 1.88. The number of methoxy groups -OCH3 is 1. The van der Waals surface area contributed by atoms with Gasteiger partial charge < -0.3 is 20.1 Å². The smallest absolute Gasteiger partial charge is 0.468 e. The maximum absolute atomic E-state index is 12.1. The van der Waals surface area contributed by atoms with Gasteiger partial charge in [0, 0.05) is 17.3 Å². The van der Waals surface area contributed by atoms with Crippen LogP contribution in [0.3, 0.4) is 0 Å². The second-order valence-corrected chi connectivity index (χ2v) is 5.78. The molecule has 158 valence electrons. The summed E-state index contributed by atoms with van der Waals surface area (Å²) in [6.45, 7) is -0.262. The van der Waals surface area contributed by atoms with Crippen molar-refractivity contribution in [3.63, 3.8) is 0 Å². The summed E-state index contributed by atoms with van der Waals surface area (Å²) in [5.74, 6) is -1.90. The quantitative estimate of drug-likeness (QED) is 0.528. The molecule has 0 aliphatic rings. The Kier molecular flexibility index (Phi) is 7.56. The van der Waals surface area contributed by atoms with Gasteiger partial charge in [0.25, 0.3) is 5.91 Å². The number of benzene rings is 2. The second kappa shape index (κ2) is 10.1. The first-order chi connectivity index (χ1) is 14.2. The van der Waals surface area contributed by atoms with Gasteiger partial charge in [0.15, 0.2) is 0 Å². The molecule has 0 radical (unpaired) electrons. The van der Waals surface area contributed by atoms with Crippen LogP contribution in [0.2, 0.25) is 0 Å². The molecule has 7 nitrogen and oxygen atoms in total. The van der Waals surface area contributed by atoms with Gasteiger partial charge >= 0.3 is 12.3 Å². The Bertz CT molecular complexity index is 923. The largest absolute Gasteiger partial charge is 0.573 e. The van der Waals surface area contributed by atoms with E-state index in [0.717, 1.165) is 12.1 Å². The molecule has 2 N–H and O–H groups in total. The monoisotopic (exact) mass is 422 g/mol. The van der Waals surface area contributed by atoms with Crippen molar-refractivity contribution >= 4 is 29.5 Å². The van der Waals surface area contributed by atoms with Gasteiger partial charge in [-0.15, -0.1) is 13.2 Å². The lowest BCUT2D eigenvalue weighted by molar-refractivity contribution is -0.274. The molecule has 0 aliphatic heterocycles. The number of anilines is 1.